The summed E-state index contributed by atoms with van der Waals surface area (Å²) in [6.07, 6.45) is -3.46. The molecule has 3 nitrogen and oxygen atoms in total. The zero-order valence-electron chi connectivity index (χ0n) is 10.1. The van der Waals surface area contributed by atoms with Crippen molar-refractivity contribution < 1.29 is 17.9 Å². The Kier molecular flexibility index (Phi) is 7.70. The highest BCUT2D eigenvalue weighted by atomic mass is 19.4. The van der Waals surface area contributed by atoms with Gasteiger partial charge in [-0.1, -0.05) is 6.92 Å². The van der Waals surface area contributed by atoms with Crippen molar-refractivity contribution in [3.8, 4) is 0 Å². The molecular weight excluding hydrogens is 221 g/mol. The van der Waals surface area contributed by atoms with Crippen LogP contribution in [-0.4, -0.2) is 50.6 Å². The number of hydrogen-bond acceptors (Lipinski definition) is 3. The van der Waals surface area contributed by atoms with E-state index >= 15 is 0 Å². The molecule has 98 valence electrons. The molecule has 0 saturated heterocycles. The average Bonchev–Trinajstić information content (AvgIpc) is 2.20. The van der Waals surface area contributed by atoms with E-state index in [1.807, 2.05) is 7.05 Å². The van der Waals surface area contributed by atoms with E-state index in [4.69, 9.17) is 0 Å². The maximum Gasteiger partial charge on any atom is 0.522 e. The molecule has 6 heteroatoms. The Balaban J connectivity index is 3.34. The van der Waals surface area contributed by atoms with Crippen molar-refractivity contribution >= 4 is 0 Å². The lowest BCUT2D eigenvalue weighted by atomic mass is 10.2. The molecule has 0 aliphatic heterocycles. The molecule has 1 atom stereocenters. The number of likely N-dealkylation sites (N-methyl/N-ethyl adjacent to an activating group) is 1. The summed E-state index contributed by atoms with van der Waals surface area (Å²) in [5.74, 6) is 0. The first-order valence-electron chi connectivity index (χ1n) is 5.48. The van der Waals surface area contributed by atoms with Crippen LogP contribution in [0.3, 0.4) is 0 Å². The van der Waals surface area contributed by atoms with Crippen LogP contribution in [0, 0.1) is 0 Å². The zero-order valence-corrected chi connectivity index (χ0v) is 10.1. The Morgan fingerprint density at radius 3 is 2.44 bits per heavy atom. The quantitative estimate of drug-likeness (QED) is 0.657. The summed E-state index contributed by atoms with van der Waals surface area (Å²) in [4.78, 5) is 2.16. The maximum absolute atomic E-state index is 11.6. The van der Waals surface area contributed by atoms with Crippen molar-refractivity contribution in [2.75, 3.05) is 33.3 Å². The fraction of sp³-hybridized carbons (Fsp3) is 1.00. The molecule has 0 aromatic heterocycles. The van der Waals surface area contributed by atoms with Gasteiger partial charge in [0.1, 0.15) is 0 Å². The van der Waals surface area contributed by atoms with Crippen LogP contribution in [0.1, 0.15) is 20.3 Å². The third-order valence-electron chi connectivity index (χ3n) is 2.53. The van der Waals surface area contributed by atoms with E-state index in [9.17, 15) is 13.2 Å². The standard InChI is InChI=1S/C10H21F3N2O/c1-4-9(2)15(3)7-5-14-6-8-16-10(11,12)13/h9,14H,4-8H2,1-3H3. The van der Waals surface area contributed by atoms with Crippen LogP contribution in [0.15, 0.2) is 0 Å². The minimum Gasteiger partial charge on any atom is -0.313 e. The van der Waals surface area contributed by atoms with Crippen LogP contribution in [-0.2, 0) is 4.74 Å². The maximum atomic E-state index is 11.6. The van der Waals surface area contributed by atoms with Crippen LogP contribution in [0.4, 0.5) is 13.2 Å². The Morgan fingerprint density at radius 2 is 1.94 bits per heavy atom. The van der Waals surface area contributed by atoms with E-state index in [-0.39, 0.29) is 13.2 Å². The van der Waals surface area contributed by atoms with Crippen molar-refractivity contribution in [1.82, 2.24) is 10.2 Å². The van der Waals surface area contributed by atoms with Gasteiger partial charge in [-0.2, -0.15) is 0 Å². The molecule has 0 aromatic carbocycles. The third kappa shape index (κ3) is 8.94. The molecule has 1 unspecified atom stereocenters. The second kappa shape index (κ2) is 7.86. The van der Waals surface area contributed by atoms with Gasteiger partial charge in [0.15, 0.2) is 0 Å². The molecule has 0 rings (SSSR count). The highest BCUT2D eigenvalue weighted by Crippen LogP contribution is 2.14. The molecule has 0 fully saturated rings. The first-order valence-corrected chi connectivity index (χ1v) is 5.48. The van der Waals surface area contributed by atoms with Crippen molar-refractivity contribution in [1.29, 1.82) is 0 Å². The van der Waals surface area contributed by atoms with Crippen LogP contribution >= 0.6 is 0 Å². The Bertz CT molecular complexity index is 176. The first-order chi connectivity index (χ1) is 7.37. The lowest BCUT2D eigenvalue weighted by molar-refractivity contribution is -0.323. The first kappa shape index (κ1) is 15.7. The number of rotatable bonds is 8. The SMILES string of the molecule is CCC(C)N(C)CCNCCOC(F)(F)F. The fourth-order valence-corrected chi connectivity index (χ4v) is 1.15. The van der Waals surface area contributed by atoms with Gasteiger partial charge in [0, 0.05) is 25.7 Å². The number of ether oxygens (including phenoxy) is 1. The monoisotopic (exact) mass is 242 g/mol. The van der Waals surface area contributed by atoms with Gasteiger partial charge in [-0.15, -0.1) is 13.2 Å². The van der Waals surface area contributed by atoms with Gasteiger partial charge >= 0.3 is 6.36 Å². The van der Waals surface area contributed by atoms with Crippen LogP contribution in [0.2, 0.25) is 0 Å². The van der Waals surface area contributed by atoms with Gasteiger partial charge in [-0.05, 0) is 20.4 Å². The minimum absolute atomic E-state index is 0.216. The van der Waals surface area contributed by atoms with Crippen LogP contribution in [0.5, 0.6) is 0 Å². The summed E-state index contributed by atoms with van der Waals surface area (Å²) in [5.41, 5.74) is 0. The largest absolute Gasteiger partial charge is 0.522 e. The summed E-state index contributed by atoms with van der Waals surface area (Å²) in [6, 6.07) is 0.494. The van der Waals surface area contributed by atoms with Crippen LogP contribution < -0.4 is 5.32 Å². The van der Waals surface area contributed by atoms with Crippen molar-refractivity contribution in [3.05, 3.63) is 0 Å². The molecule has 0 aromatic rings. The summed E-state index contributed by atoms with van der Waals surface area (Å²) in [5, 5.41) is 2.90. The topological polar surface area (TPSA) is 24.5 Å². The van der Waals surface area contributed by atoms with E-state index in [0.717, 1.165) is 13.0 Å². The van der Waals surface area contributed by atoms with Crippen molar-refractivity contribution in [2.24, 2.45) is 0 Å². The summed E-state index contributed by atoms with van der Waals surface area (Å²) in [6.45, 7) is 5.59. The number of nitrogens with one attached hydrogen (secondary N) is 1. The molecule has 0 radical (unpaired) electrons. The number of halogens is 3. The molecule has 0 heterocycles. The van der Waals surface area contributed by atoms with Crippen LogP contribution in [0.25, 0.3) is 0 Å². The molecular formula is C10H21F3N2O. The van der Waals surface area contributed by atoms with E-state index in [0.29, 0.717) is 12.6 Å². The third-order valence-corrected chi connectivity index (χ3v) is 2.53. The van der Waals surface area contributed by atoms with Gasteiger partial charge in [0.25, 0.3) is 0 Å². The summed E-state index contributed by atoms with van der Waals surface area (Å²) in [7, 11) is 2.00. The lowest BCUT2D eigenvalue weighted by Gasteiger charge is -2.23. The second-order valence-corrected chi connectivity index (χ2v) is 3.78. The van der Waals surface area contributed by atoms with E-state index in [2.05, 4.69) is 28.8 Å². The average molecular weight is 242 g/mol. The minimum atomic E-state index is -4.52. The predicted octanol–water partition coefficient (Wildman–Crippen LogP) is 1.84. The Labute approximate surface area is 94.9 Å². The summed E-state index contributed by atoms with van der Waals surface area (Å²) < 4.78 is 38.4. The number of hydrogen-bond donors (Lipinski definition) is 1. The highest BCUT2D eigenvalue weighted by Gasteiger charge is 2.28. The van der Waals surface area contributed by atoms with Crippen molar-refractivity contribution in [3.63, 3.8) is 0 Å². The van der Waals surface area contributed by atoms with Gasteiger partial charge in [0.2, 0.25) is 0 Å². The molecule has 0 amide bonds. The van der Waals surface area contributed by atoms with E-state index in [1.165, 1.54) is 0 Å². The molecule has 16 heavy (non-hydrogen) atoms. The summed E-state index contributed by atoms with van der Waals surface area (Å²) >= 11 is 0. The fourth-order valence-electron chi connectivity index (χ4n) is 1.15. The lowest BCUT2D eigenvalue weighted by Crippen LogP contribution is -2.36. The second-order valence-electron chi connectivity index (χ2n) is 3.78. The highest BCUT2D eigenvalue weighted by molar-refractivity contribution is 4.62. The molecule has 0 saturated carbocycles. The number of alkyl halides is 3. The molecule has 0 aliphatic rings. The smallest absolute Gasteiger partial charge is 0.313 e. The van der Waals surface area contributed by atoms with Gasteiger partial charge in [0.05, 0.1) is 6.61 Å². The van der Waals surface area contributed by atoms with Gasteiger partial charge in [-0.3, -0.25) is 4.74 Å². The predicted molar refractivity (Wildman–Crippen MR) is 57.3 cm³/mol. The molecule has 0 aliphatic carbocycles. The molecule has 1 N–H and O–H groups in total. The molecule has 0 bridgehead atoms. The van der Waals surface area contributed by atoms with E-state index in [1.54, 1.807) is 0 Å². The van der Waals surface area contributed by atoms with E-state index < -0.39 is 6.36 Å². The Morgan fingerprint density at radius 1 is 1.31 bits per heavy atom. The van der Waals surface area contributed by atoms with Crippen molar-refractivity contribution in [2.45, 2.75) is 32.7 Å². The van der Waals surface area contributed by atoms with Gasteiger partial charge in [-0.25, -0.2) is 0 Å². The zero-order chi connectivity index (χ0) is 12.6. The Hall–Kier alpha value is -0.330. The number of nitrogens with zero attached hydrogens (tertiary/aromatic N) is 1. The van der Waals surface area contributed by atoms with Gasteiger partial charge < -0.3 is 10.2 Å². The molecule has 0 spiro atoms. The normalized spacial score (nSPS) is 14.4.